The number of nitrogen functional groups attached to an aromatic ring is 1. The predicted octanol–water partition coefficient (Wildman–Crippen LogP) is 2.85. The highest BCUT2D eigenvalue weighted by molar-refractivity contribution is 5.96. The maximum absolute atomic E-state index is 12.6. The number of nitrogens with one attached hydrogen (secondary N) is 2. The number of hydrogen-bond donors (Lipinski definition) is 3. The highest BCUT2D eigenvalue weighted by Crippen LogP contribution is 2.30. The summed E-state index contributed by atoms with van der Waals surface area (Å²) in [5, 5.41) is 0.417. The van der Waals surface area contributed by atoms with Crippen molar-refractivity contribution in [1.82, 2.24) is 29.3 Å². The molecule has 0 aliphatic carbocycles. The number of nitrogens with zero attached hydrogens (tertiary/aromatic N) is 4. The molecule has 8 nitrogen and oxygen atoms in total. The van der Waals surface area contributed by atoms with Gasteiger partial charge >= 0.3 is 0 Å². The highest BCUT2D eigenvalue weighted by atomic mass is 16.1. The van der Waals surface area contributed by atoms with Crippen LogP contribution >= 0.6 is 0 Å². The molecule has 0 amide bonds. The van der Waals surface area contributed by atoms with E-state index in [9.17, 15) is 4.79 Å². The first kappa shape index (κ1) is 14.9. The van der Waals surface area contributed by atoms with Gasteiger partial charge in [-0.15, -0.1) is 0 Å². The zero-order valence-electron chi connectivity index (χ0n) is 14.5. The number of aromatic nitrogens is 6. The van der Waals surface area contributed by atoms with E-state index in [0.29, 0.717) is 22.5 Å². The molecule has 0 aliphatic rings. The van der Waals surface area contributed by atoms with E-state index in [1.807, 2.05) is 52.9 Å². The van der Waals surface area contributed by atoms with Gasteiger partial charge in [-0.2, -0.15) is 4.98 Å². The van der Waals surface area contributed by atoms with Gasteiger partial charge < -0.3 is 10.7 Å². The van der Waals surface area contributed by atoms with Crippen molar-refractivity contribution in [2.75, 3.05) is 5.73 Å². The molecule has 0 fully saturated rings. The summed E-state index contributed by atoms with van der Waals surface area (Å²) in [6.45, 7) is 0. The first-order valence-electron chi connectivity index (χ1n) is 8.74. The van der Waals surface area contributed by atoms with Crippen molar-refractivity contribution in [1.29, 1.82) is 0 Å². The van der Waals surface area contributed by atoms with Gasteiger partial charge in [0, 0.05) is 0 Å². The highest BCUT2D eigenvalue weighted by Gasteiger charge is 2.18. The van der Waals surface area contributed by atoms with Gasteiger partial charge in [0.2, 0.25) is 5.95 Å². The molecule has 0 atom stereocenters. The lowest BCUT2D eigenvalue weighted by Crippen LogP contribution is -2.13. The van der Waals surface area contributed by atoms with E-state index in [-0.39, 0.29) is 11.5 Å². The molecule has 8 heteroatoms. The second-order valence-electron chi connectivity index (χ2n) is 6.61. The molecule has 134 valence electrons. The minimum absolute atomic E-state index is 0.0630. The summed E-state index contributed by atoms with van der Waals surface area (Å²) in [4.78, 5) is 32.4. The van der Waals surface area contributed by atoms with Crippen LogP contribution in [0.25, 0.3) is 50.1 Å². The third-order valence-electron chi connectivity index (χ3n) is 4.90. The molecular weight excluding hydrogens is 354 g/mol. The minimum atomic E-state index is -0.306. The van der Waals surface area contributed by atoms with Crippen molar-refractivity contribution >= 4 is 44.7 Å². The van der Waals surface area contributed by atoms with E-state index in [4.69, 9.17) is 15.7 Å². The van der Waals surface area contributed by atoms with Crippen LogP contribution in [0.15, 0.2) is 59.4 Å². The first-order valence-corrected chi connectivity index (χ1v) is 8.74. The van der Waals surface area contributed by atoms with Crippen LogP contribution in [-0.4, -0.2) is 29.3 Å². The molecule has 6 aromatic rings. The standard InChI is InChI=1S/C20H13N7O/c21-20-25-18-11(19(28)26-20)9-10(16-22-12-5-1-2-6-13(12)23-16)17-24-14-7-3-4-8-15(14)27(17)18/h1-9H,(H,22,23)(H3,21,25,26,28). The molecule has 0 aliphatic heterocycles. The van der Waals surface area contributed by atoms with Gasteiger partial charge in [-0.25, -0.2) is 9.97 Å². The summed E-state index contributed by atoms with van der Waals surface area (Å²) in [5.41, 5.74) is 10.7. The molecule has 0 bridgehead atoms. The number of para-hydroxylation sites is 4. The van der Waals surface area contributed by atoms with Crippen LogP contribution in [0.4, 0.5) is 5.95 Å². The van der Waals surface area contributed by atoms with Gasteiger partial charge in [0.25, 0.3) is 5.56 Å². The lowest BCUT2D eigenvalue weighted by Gasteiger charge is -2.07. The zero-order chi connectivity index (χ0) is 18.8. The Labute approximate surface area is 156 Å². The Hall–Kier alpha value is -4.20. The maximum atomic E-state index is 12.6. The van der Waals surface area contributed by atoms with Gasteiger partial charge in [-0.05, 0) is 30.3 Å². The fourth-order valence-corrected chi connectivity index (χ4v) is 3.67. The summed E-state index contributed by atoms with van der Waals surface area (Å²) in [7, 11) is 0. The van der Waals surface area contributed by atoms with E-state index in [1.165, 1.54) is 0 Å². The third kappa shape index (κ3) is 1.94. The fourth-order valence-electron chi connectivity index (χ4n) is 3.67. The molecule has 0 radical (unpaired) electrons. The van der Waals surface area contributed by atoms with Crippen LogP contribution in [0.2, 0.25) is 0 Å². The normalized spacial score (nSPS) is 11.9. The molecular formula is C20H13N7O. The van der Waals surface area contributed by atoms with Gasteiger partial charge in [-0.3, -0.25) is 14.2 Å². The molecule has 28 heavy (non-hydrogen) atoms. The smallest absolute Gasteiger partial charge is 0.261 e. The topological polar surface area (TPSA) is 118 Å². The average molecular weight is 367 g/mol. The van der Waals surface area contributed by atoms with Crippen molar-refractivity contribution in [2.24, 2.45) is 0 Å². The average Bonchev–Trinajstić information content (AvgIpc) is 3.29. The molecule has 4 N–H and O–H groups in total. The molecule has 6 rings (SSSR count). The number of nitrogens with two attached hydrogens (primary N) is 1. The number of anilines is 1. The number of hydrogen-bond acceptors (Lipinski definition) is 5. The van der Waals surface area contributed by atoms with Gasteiger partial charge in [-0.1, -0.05) is 24.3 Å². The van der Waals surface area contributed by atoms with E-state index < -0.39 is 0 Å². The second-order valence-corrected chi connectivity index (χ2v) is 6.61. The summed E-state index contributed by atoms with van der Waals surface area (Å²) < 4.78 is 1.86. The molecule has 4 heterocycles. The number of H-pyrrole nitrogens is 2. The monoisotopic (exact) mass is 367 g/mol. The Bertz CT molecular complexity index is 1570. The van der Waals surface area contributed by atoms with Crippen molar-refractivity contribution in [3.63, 3.8) is 0 Å². The van der Waals surface area contributed by atoms with E-state index >= 15 is 0 Å². The number of pyridine rings is 1. The van der Waals surface area contributed by atoms with Gasteiger partial charge in [0.1, 0.15) is 5.82 Å². The SMILES string of the molecule is Nc1nc2c(cc(-c3nc4ccccc4[nH]3)c3nc4ccccc4n32)c(=O)[nH]1. The van der Waals surface area contributed by atoms with Crippen molar-refractivity contribution < 1.29 is 0 Å². The lowest BCUT2D eigenvalue weighted by molar-refractivity contribution is 1.13. The van der Waals surface area contributed by atoms with Crippen LogP contribution in [0.1, 0.15) is 0 Å². The molecule has 2 aromatic carbocycles. The predicted molar refractivity (Wildman–Crippen MR) is 108 cm³/mol. The number of rotatable bonds is 1. The maximum Gasteiger partial charge on any atom is 0.261 e. The number of aromatic amines is 2. The van der Waals surface area contributed by atoms with E-state index in [2.05, 4.69) is 15.0 Å². The third-order valence-corrected chi connectivity index (χ3v) is 4.90. The summed E-state index contributed by atoms with van der Waals surface area (Å²) in [6.07, 6.45) is 0. The Kier molecular flexibility index (Phi) is 2.75. The molecule has 0 saturated heterocycles. The van der Waals surface area contributed by atoms with Crippen molar-refractivity contribution in [3.8, 4) is 11.4 Å². The number of benzene rings is 2. The van der Waals surface area contributed by atoms with Gasteiger partial charge in [0.05, 0.1) is 33.0 Å². The van der Waals surface area contributed by atoms with Crippen molar-refractivity contribution in [3.05, 3.63) is 65.0 Å². The Morgan fingerprint density at radius 2 is 1.64 bits per heavy atom. The van der Waals surface area contributed by atoms with Gasteiger partial charge in [0.15, 0.2) is 11.3 Å². The fraction of sp³-hybridized carbons (Fsp3) is 0. The Balaban J connectivity index is 1.85. The minimum Gasteiger partial charge on any atom is -0.369 e. The summed E-state index contributed by atoms with van der Waals surface area (Å²) >= 11 is 0. The zero-order valence-corrected chi connectivity index (χ0v) is 14.5. The van der Waals surface area contributed by atoms with Crippen LogP contribution in [0, 0.1) is 0 Å². The molecule has 0 spiro atoms. The molecule has 0 saturated carbocycles. The van der Waals surface area contributed by atoms with E-state index in [0.717, 1.165) is 27.6 Å². The summed E-state index contributed by atoms with van der Waals surface area (Å²) in [6, 6.07) is 17.2. The second kappa shape index (κ2) is 5.17. The van der Waals surface area contributed by atoms with Crippen LogP contribution < -0.4 is 11.3 Å². The van der Waals surface area contributed by atoms with Crippen LogP contribution in [-0.2, 0) is 0 Å². The number of imidazole rings is 2. The first-order chi connectivity index (χ1) is 13.7. The van der Waals surface area contributed by atoms with Crippen LogP contribution in [0.3, 0.4) is 0 Å². The Morgan fingerprint density at radius 3 is 2.50 bits per heavy atom. The quantitative estimate of drug-likeness (QED) is 0.413. The lowest BCUT2D eigenvalue weighted by atomic mass is 10.2. The number of fused-ring (bicyclic) bond motifs is 6. The van der Waals surface area contributed by atoms with Crippen molar-refractivity contribution in [2.45, 2.75) is 0 Å². The largest absolute Gasteiger partial charge is 0.369 e. The summed E-state index contributed by atoms with van der Waals surface area (Å²) in [5.74, 6) is 0.702. The Morgan fingerprint density at radius 1 is 0.857 bits per heavy atom. The molecule has 0 unspecified atom stereocenters. The van der Waals surface area contributed by atoms with E-state index in [1.54, 1.807) is 6.07 Å². The molecule has 4 aromatic heterocycles. The van der Waals surface area contributed by atoms with Crippen LogP contribution in [0.5, 0.6) is 0 Å².